The molecule has 0 aromatic carbocycles. The van der Waals surface area contributed by atoms with Gasteiger partial charge in [-0.25, -0.2) is 4.98 Å². The smallest absolute Gasteiger partial charge is 0.293 e. The largest absolute Gasteiger partial charge is 0.365 e. The van der Waals surface area contributed by atoms with Gasteiger partial charge in [0.25, 0.3) is 5.56 Å². The molecule has 0 amide bonds. The standard InChI is InChI=1S/C14H23N3O/c1-3-9-17-10-8-15-12(13(17)18)16-11-14(2)6-4-5-7-14/h8,10H,3-7,9,11H2,1-2H3,(H,15,16). The molecule has 1 N–H and O–H groups in total. The molecule has 100 valence electrons. The van der Waals surface area contributed by atoms with Crippen molar-refractivity contribution in [3.05, 3.63) is 22.7 Å². The minimum Gasteiger partial charge on any atom is -0.365 e. The van der Waals surface area contributed by atoms with E-state index in [1.165, 1.54) is 25.7 Å². The third-order valence-corrected chi connectivity index (χ3v) is 3.87. The summed E-state index contributed by atoms with van der Waals surface area (Å²) < 4.78 is 1.73. The Bertz CT molecular complexity index is 447. The van der Waals surface area contributed by atoms with Gasteiger partial charge < -0.3 is 9.88 Å². The van der Waals surface area contributed by atoms with E-state index < -0.39 is 0 Å². The summed E-state index contributed by atoms with van der Waals surface area (Å²) in [5, 5.41) is 3.25. The lowest BCUT2D eigenvalue weighted by atomic mass is 9.89. The molecule has 1 aromatic heterocycles. The fourth-order valence-corrected chi connectivity index (χ4v) is 2.69. The second-order valence-electron chi connectivity index (χ2n) is 5.65. The van der Waals surface area contributed by atoms with E-state index in [-0.39, 0.29) is 5.56 Å². The molecule has 4 nitrogen and oxygen atoms in total. The lowest BCUT2D eigenvalue weighted by Gasteiger charge is -2.23. The van der Waals surface area contributed by atoms with Crippen LogP contribution in [0.15, 0.2) is 17.2 Å². The molecule has 1 aromatic rings. The van der Waals surface area contributed by atoms with Crippen LogP contribution in [0.4, 0.5) is 5.82 Å². The van der Waals surface area contributed by atoms with E-state index >= 15 is 0 Å². The third-order valence-electron chi connectivity index (χ3n) is 3.87. The van der Waals surface area contributed by atoms with Gasteiger partial charge in [-0.3, -0.25) is 4.79 Å². The number of nitrogens with zero attached hydrogens (tertiary/aromatic N) is 2. The molecule has 1 fully saturated rings. The van der Waals surface area contributed by atoms with Gasteiger partial charge in [0.2, 0.25) is 0 Å². The van der Waals surface area contributed by atoms with E-state index in [4.69, 9.17) is 0 Å². The van der Waals surface area contributed by atoms with E-state index in [9.17, 15) is 4.79 Å². The van der Waals surface area contributed by atoms with E-state index in [1.807, 2.05) is 0 Å². The molecule has 18 heavy (non-hydrogen) atoms. The molecule has 1 aliphatic carbocycles. The molecule has 1 saturated carbocycles. The molecule has 0 atom stereocenters. The topological polar surface area (TPSA) is 46.9 Å². The highest BCUT2D eigenvalue weighted by atomic mass is 16.1. The quantitative estimate of drug-likeness (QED) is 0.872. The second kappa shape index (κ2) is 5.55. The highest BCUT2D eigenvalue weighted by Crippen LogP contribution is 2.37. The van der Waals surface area contributed by atoms with E-state index in [0.717, 1.165) is 19.5 Å². The predicted molar refractivity (Wildman–Crippen MR) is 73.9 cm³/mol. The van der Waals surface area contributed by atoms with Gasteiger partial charge in [0.15, 0.2) is 5.82 Å². The number of hydrogen-bond donors (Lipinski definition) is 1. The van der Waals surface area contributed by atoms with Crippen LogP contribution in [0, 0.1) is 5.41 Å². The molecular formula is C14H23N3O. The van der Waals surface area contributed by atoms with Crippen molar-refractivity contribution in [2.75, 3.05) is 11.9 Å². The number of aryl methyl sites for hydroxylation is 1. The molecule has 1 heterocycles. The van der Waals surface area contributed by atoms with Crippen LogP contribution in [0.1, 0.15) is 46.0 Å². The minimum absolute atomic E-state index is 0.000877. The Hall–Kier alpha value is -1.32. The normalized spacial score (nSPS) is 17.9. The van der Waals surface area contributed by atoms with Gasteiger partial charge in [-0.05, 0) is 24.7 Å². The number of nitrogens with one attached hydrogen (secondary N) is 1. The van der Waals surface area contributed by atoms with Gasteiger partial charge in [0.05, 0.1) is 0 Å². The minimum atomic E-state index is 0.000877. The van der Waals surface area contributed by atoms with Crippen molar-refractivity contribution in [2.45, 2.75) is 52.5 Å². The average molecular weight is 249 g/mol. The Balaban J connectivity index is 2.05. The summed E-state index contributed by atoms with van der Waals surface area (Å²) in [5.41, 5.74) is 0.334. The lowest BCUT2D eigenvalue weighted by Crippen LogP contribution is -2.29. The van der Waals surface area contributed by atoms with Crippen molar-refractivity contribution in [1.29, 1.82) is 0 Å². The van der Waals surface area contributed by atoms with Crippen LogP contribution in [0.5, 0.6) is 0 Å². The maximum absolute atomic E-state index is 12.1. The summed E-state index contributed by atoms with van der Waals surface area (Å²) >= 11 is 0. The first kappa shape index (κ1) is 13.1. The van der Waals surface area contributed by atoms with Crippen molar-refractivity contribution in [1.82, 2.24) is 9.55 Å². The Morgan fingerprint density at radius 2 is 2.17 bits per heavy atom. The first-order valence-electron chi connectivity index (χ1n) is 6.94. The van der Waals surface area contributed by atoms with Crippen molar-refractivity contribution in [3.63, 3.8) is 0 Å². The van der Waals surface area contributed by atoms with Gasteiger partial charge in [-0.1, -0.05) is 26.7 Å². The fraction of sp³-hybridized carbons (Fsp3) is 0.714. The summed E-state index contributed by atoms with van der Waals surface area (Å²) in [7, 11) is 0. The van der Waals surface area contributed by atoms with Crippen molar-refractivity contribution in [2.24, 2.45) is 5.41 Å². The van der Waals surface area contributed by atoms with E-state index in [2.05, 4.69) is 24.1 Å². The Labute approximate surface area is 108 Å². The van der Waals surface area contributed by atoms with Crippen molar-refractivity contribution in [3.8, 4) is 0 Å². The Morgan fingerprint density at radius 1 is 1.44 bits per heavy atom. The molecule has 0 saturated heterocycles. The van der Waals surface area contributed by atoms with Gasteiger partial charge in [0.1, 0.15) is 0 Å². The van der Waals surface area contributed by atoms with Crippen LogP contribution >= 0.6 is 0 Å². The van der Waals surface area contributed by atoms with Gasteiger partial charge >= 0.3 is 0 Å². The van der Waals surface area contributed by atoms with Crippen LogP contribution in [-0.2, 0) is 6.54 Å². The fourth-order valence-electron chi connectivity index (χ4n) is 2.69. The summed E-state index contributed by atoms with van der Waals surface area (Å²) in [6.45, 7) is 5.97. The number of anilines is 1. The average Bonchev–Trinajstić information content (AvgIpc) is 2.78. The second-order valence-corrected chi connectivity index (χ2v) is 5.65. The summed E-state index contributed by atoms with van der Waals surface area (Å²) in [6.07, 6.45) is 9.53. The molecule has 0 bridgehead atoms. The molecule has 1 aliphatic rings. The van der Waals surface area contributed by atoms with Gasteiger partial charge in [0, 0.05) is 25.5 Å². The van der Waals surface area contributed by atoms with Crippen LogP contribution in [-0.4, -0.2) is 16.1 Å². The van der Waals surface area contributed by atoms with Crippen molar-refractivity contribution >= 4 is 5.82 Å². The Kier molecular flexibility index (Phi) is 4.04. The van der Waals surface area contributed by atoms with Gasteiger partial charge in [-0.2, -0.15) is 0 Å². The zero-order valence-electron chi connectivity index (χ0n) is 11.4. The number of aromatic nitrogens is 2. The lowest BCUT2D eigenvalue weighted by molar-refractivity contribution is 0.361. The van der Waals surface area contributed by atoms with Crippen LogP contribution in [0.2, 0.25) is 0 Å². The van der Waals surface area contributed by atoms with Gasteiger partial charge in [-0.15, -0.1) is 0 Å². The molecule has 0 aliphatic heterocycles. The number of rotatable bonds is 5. The molecule has 0 radical (unpaired) electrons. The third kappa shape index (κ3) is 2.92. The zero-order chi connectivity index (χ0) is 13.0. The highest BCUT2D eigenvalue weighted by molar-refractivity contribution is 5.31. The van der Waals surface area contributed by atoms with Crippen LogP contribution in [0.25, 0.3) is 0 Å². The maximum Gasteiger partial charge on any atom is 0.293 e. The molecule has 0 spiro atoms. The highest BCUT2D eigenvalue weighted by Gasteiger charge is 2.28. The monoisotopic (exact) mass is 249 g/mol. The first-order valence-corrected chi connectivity index (χ1v) is 6.94. The van der Waals surface area contributed by atoms with Crippen LogP contribution in [0.3, 0.4) is 0 Å². The van der Waals surface area contributed by atoms with Crippen molar-refractivity contribution < 1.29 is 0 Å². The molecule has 2 rings (SSSR count). The Morgan fingerprint density at radius 3 is 2.83 bits per heavy atom. The molecule has 0 unspecified atom stereocenters. The van der Waals surface area contributed by atoms with E-state index in [0.29, 0.717) is 11.2 Å². The summed E-state index contributed by atoms with van der Waals surface area (Å²) in [5.74, 6) is 0.499. The SMILES string of the molecule is CCCn1ccnc(NCC2(C)CCCC2)c1=O. The number of hydrogen-bond acceptors (Lipinski definition) is 3. The summed E-state index contributed by atoms with van der Waals surface area (Å²) in [6, 6.07) is 0. The maximum atomic E-state index is 12.1. The zero-order valence-corrected chi connectivity index (χ0v) is 11.4. The first-order chi connectivity index (χ1) is 8.64. The molecular weight excluding hydrogens is 226 g/mol. The summed E-state index contributed by atoms with van der Waals surface area (Å²) in [4.78, 5) is 16.3. The van der Waals surface area contributed by atoms with E-state index in [1.54, 1.807) is 17.0 Å². The predicted octanol–water partition coefficient (Wildman–Crippen LogP) is 2.65. The van der Waals surface area contributed by atoms with Crippen LogP contribution < -0.4 is 10.9 Å². The molecule has 4 heteroatoms.